The molecule has 1 atom stereocenters. The van der Waals surface area contributed by atoms with Gasteiger partial charge in [-0.25, -0.2) is 13.5 Å². The van der Waals surface area contributed by atoms with Crippen LogP contribution in [-0.4, -0.2) is 22.8 Å². The molecule has 6 heteroatoms. The summed E-state index contributed by atoms with van der Waals surface area (Å²) in [6.07, 6.45) is -0.616. The molecule has 1 unspecified atom stereocenters. The molecule has 0 saturated carbocycles. The van der Waals surface area contributed by atoms with Crippen LogP contribution in [0.5, 0.6) is 0 Å². The van der Waals surface area contributed by atoms with Crippen LogP contribution in [0.2, 0.25) is 0 Å². The SMILES string of the molecule is Nc1cnn2c1NCCC2C(F)F. The Morgan fingerprint density at radius 2 is 2.46 bits per heavy atom. The Morgan fingerprint density at radius 3 is 3.15 bits per heavy atom. The van der Waals surface area contributed by atoms with E-state index >= 15 is 0 Å². The molecule has 0 radical (unpaired) electrons. The minimum atomic E-state index is -2.39. The van der Waals surface area contributed by atoms with Crippen molar-refractivity contribution in [3.8, 4) is 0 Å². The van der Waals surface area contributed by atoms with E-state index in [1.165, 1.54) is 10.9 Å². The zero-order chi connectivity index (χ0) is 9.42. The van der Waals surface area contributed by atoms with E-state index in [1.54, 1.807) is 0 Å². The maximum absolute atomic E-state index is 12.5. The largest absolute Gasteiger partial charge is 0.394 e. The summed E-state index contributed by atoms with van der Waals surface area (Å²) in [5, 5.41) is 6.75. The van der Waals surface area contributed by atoms with E-state index in [0.29, 0.717) is 24.5 Å². The van der Waals surface area contributed by atoms with E-state index in [9.17, 15) is 8.78 Å². The van der Waals surface area contributed by atoms with E-state index in [1.807, 2.05) is 0 Å². The van der Waals surface area contributed by atoms with Crippen LogP contribution in [-0.2, 0) is 0 Å². The smallest absolute Gasteiger partial charge is 0.260 e. The van der Waals surface area contributed by atoms with Gasteiger partial charge in [-0.3, -0.25) is 0 Å². The van der Waals surface area contributed by atoms with Gasteiger partial charge in [0.05, 0.1) is 11.9 Å². The molecule has 72 valence electrons. The van der Waals surface area contributed by atoms with E-state index in [4.69, 9.17) is 5.73 Å². The van der Waals surface area contributed by atoms with Crippen LogP contribution in [0, 0.1) is 0 Å². The number of hydrogen-bond acceptors (Lipinski definition) is 3. The van der Waals surface area contributed by atoms with Crippen molar-refractivity contribution in [1.82, 2.24) is 9.78 Å². The molecule has 3 N–H and O–H groups in total. The normalized spacial score (nSPS) is 21.3. The van der Waals surface area contributed by atoms with E-state index in [2.05, 4.69) is 10.4 Å². The van der Waals surface area contributed by atoms with Crippen LogP contribution in [0.4, 0.5) is 20.3 Å². The van der Waals surface area contributed by atoms with Crippen LogP contribution < -0.4 is 11.1 Å². The van der Waals surface area contributed by atoms with Gasteiger partial charge in [-0.1, -0.05) is 0 Å². The molecule has 4 nitrogen and oxygen atoms in total. The summed E-state index contributed by atoms with van der Waals surface area (Å²) in [6.45, 7) is 0.519. The Balaban J connectivity index is 2.38. The van der Waals surface area contributed by atoms with Crippen LogP contribution in [0.15, 0.2) is 6.20 Å². The summed E-state index contributed by atoms with van der Waals surface area (Å²) in [7, 11) is 0. The first-order valence-corrected chi connectivity index (χ1v) is 4.05. The predicted molar refractivity (Wildman–Crippen MR) is 44.8 cm³/mol. The summed E-state index contributed by atoms with van der Waals surface area (Å²) in [4.78, 5) is 0. The second kappa shape index (κ2) is 2.86. The Kier molecular flexibility index (Phi) is 1.82. The van der Waals surface area contributed by atoms with Gasteiger partial charge in [-0.15, -0.1) is 0 Å². The summed E-state index contributed by atoms with van der Waals surface area (Å²) in [6, 6.07) is -0.839. The highest BCUT2D eigenvalue weighted by atomic mass is 19.3. The third kappa shape index (κ3) is 1.22. The van der Waals surface area contributed by atoms with Gasteiger partial charge >= 0.3 is 0 Å². The first-order valence-electron chi connectivity index (χ1n) is 4.05. The number of fused-ring (bicyclic) bond motifs is 1. The fourth-order valence-electron chi connectivity index (χ4n) is 1.50. The Bertz CT molecular complexity index is 309. The van der Waals surface area contributed by atoms with Crippen molar-refractivity contribution in [2.24, 2.45) is 0 Å². The third-order valence-corrected chi connectivity index (χ3v) is 2.16. The van der Waals surface area contributed by atoms with Gasteiger partial charge in [0.25, 0.3) is 6.43 Å². The van der Waals surface area contributed by atoms with Crippen LogP contribution in [0.3, 0.4) is 0 Å². The minimum Gasteiger partial charge on any atom is -0.394 e. The summed E-state index contributed by atoms with van der Waals surface area (Å²) in [5.74, 6) is 0.511. The van der Waals surface area contributed by atoms with Crippen LogP contribution in [0.25, 0.3) is 0 Å². The van der Waals surface area contributed by atoms with Gasteiger partial charge in [-0.05, 0) is 6.42 Å². The van der Waals surface area contributed by atoms with Gasteiger partial charge in [0.1, 0.15) is 11.9 Å². The highest BCUT2D eigenvalue weighted by Crippen LogP contribution is 2.31. The second-order valence-electron chi connectivity index (χ2n) is 3.01. The molecular formula is C7H10F2N4. The van der Waals surface area contributed by atoms with Gasteiger partial charge in [0.2, 0.25) is 0 Å². The Labute approximate surface area is 73.7 Å². The number of anilines is 2. The Hall–Kier alpha value is -1.33. The highest BCUT2D eigenvalue weighted by Gasteiger charge is 2.29. The summed E-state index contributed by atoms with van der Waals surface area (Å²) < 4.78 is 26.2. The molecular weight excluding hydrogens is 178 g/mol. The maximum atomic E-state index is 12.5. The lowest BCUT2D eigenvalue weighted by atomic mass is 10.2. The van der Waals surface area contributed by atoms with Crippen molar-refractivity contribution >= 4 is 11.5 Å². The summed E-state index contributed by atoms with van der Waals surface area (Å²) >= 11 is 0. The second-order valence-corrected chi connectivity index (χ2v) is 3.01. The number of rotatable bonds is 1. The first-order chi connectivity index (χ1) is 6.20. The first kappa shape index (κ1) is 8.28. The fraction of sp³-hybridized carbons (Fsp3) is 0.571. The molecule has 0 spiro atoms. The van der Waals surface area contributed by atoms with E-state index < -0.39 is 12.5 Å². The summed E-state index contributed by atoms with van der Waals surface area (Å²) in [5.41, 5.74) is 5.95. The number of aromatic nitrogens is 2. The van der Waals surface area contributed by atoms with E-state index in [0.717, 1.165) is 0 Å². The number of nitrogens with one attached hydrogen (secondary N) is 1. The lowest BCUT2D eigenvalue weighted by Crippen LogP contribution is -2.28. The molecule has 2 heterocycles. The molecule has 0 amide bonds. The molecule has 0 saturated heterocycles. The third-order valence-electron chi connectivity index (χ3n) is 2.16. The number of alkyl halides is 2. The molecule has 2 rings (SSSR count). The highest BCUT2D eigenvalue weighted by molar-refractivity contribution is 5.61. The number of nitrogens with zero attached hydrogens (tertiary/aromatic N) is 2. The van der Waals surface area contributed by atoms with Crippen LogP contribution in [0.1, 0.15) is 12.5 Å². The predicted octanol–water partition coefficient (Wildman–Crippen LogP) is 1.09. The van der Waals surface area contributed by atoms with Gasteiger partial charge in [0, 0.05) is 6.54 Å². The standard InChI is InChI=1S/C7H10F2N4/c8-6(9)5-1-2-11-7-4(10)3-12-13(5)7/h3,5-6,11H,1-2,10H2. The number of halogens is 2. The molecule has 13 heavy (non-hydrogen) atoms. The van der Waals surface area contributed by atoms with Crippen molar-refractivity contribution in [2.45, 2.75) is 18.9 Å². The topological polar surface area (TPSA) is 55.9 Å². The quantitative estimate of drug-likeness (QED) is 0.693. The lowest BCUT2D eigenvalue weighted by Gasteiger charge is -2.25. The number of nitrogen functional groups attached to an aromatic ring is 1. The molecule has 0 aromatic carbocycles. The fourth-order valence-corrected chi connectivity index (χ4v) is 1.50. The lowest BCUT2D eigenvalue weighted by molar-refractivity contribution is 0.0716. The van der Waals surface area contributed by atoms with Crippen molar-refractivity contribution in [3.63, 3.8) is 0 Å². The average molecular weight is 188 g/mol. The molecule has 1 aliphatic heterocycles. The molecule has 1 aliphatic rings. The van der Waals surface area contributed by atoms with Crippen molar-refractivity contribution < 1.29 is 8.78 Å². The van der Waals surface area contributed by atoms with Crippen molar-refractivity contribution in [3.05, 3.63) is 6.20 Å². The number of hydrogen-bond donors (Lipinski definition) is 2. The van der Waals surface area contributed by atoms with Gasteiger partial charge in [-0.2, -0.15) is 5.10 Å². The maximum Gasteiger partial charge on any atom is 0.260 e. The Morgan fingerprint density at radius 1 is 1.69 bits per heavy atom. The number of nitrogens with two attached hydrogens (primary N) is 1. The molecule has 0 fully saturated rings. The van der Waals surface area contributed by atoms with Gasteiger partial charge in [0.15, 0.2) is 0 Å². The average Bonchev–Trinajstić information content (AvgIpc) is 2.48. The molecule has 0 bridgehead atoms. The van der Waals surface area contributed by atoms with Crippen molar-refractivity contribution in [1.29, 1.82) is 0 Å². The molecule has 0 aliphatic carbocycles. The van der Waals surface area contributed by atoms with Crippen LogP contribution >= 0.6 is 0 Å². The van der Waals surface area contributed by atoms with E-state index in [-0.39, 0.29) is 0 Å². The molecule has 1 aromatic rings. The van der Waals surface area contributed by atoms with Gasteiger partial charge < -0.3 is 11.1 Å². The minimum absolute atomic E-state index is 0.381. The monoisotopic (exact) mass is 188 g/mol. The van der Waals surface area contributed by atoms with Crippen molar-refractivity contribution in [2.75, 3.05) is 17.6 Å². The zero-order valence-corrected chi connectivity index (χ0v) is 6.87. The zero-order valence-electron chi connectivity index (χ0n) is 6.87. The molecule has 1 aromatic heterocycles.